The molecule has 0 fully saturated rings. The summed E-state index contributed by atoms with van der Waals surface area (Å²) in [5.41, 5.74) is 1.88. The number of hydrogen-bond donors (Lipinski definition) is 1. The molecule has 1 atom stereocenters. The standard InChI is InChI=1S/C18H28N2O/c1-5-14(19-6-2)10-9-13-20-16-12-8-7-11-15(16)18(3,4)17(20)21/h7-8,11-12,14,19H,5-6,9-10,13H2,1-4H3. The van der Waals surface area contributed by atoms with Crippen LogP contribution in [-0.2, 0) is 10.2 Å². The molecule has 0 aromatic heterocycles. The van der Waals surface area contributed by atoms with Crippen LogP contribution in [-0.4, -0.2) is 25.0 Å². The van der Waals surface area contributed by atoms with Gasteiger partial charge in [0.2, 0.25) is 5.91 Å². The number of rotatable bonds is 7. The van der Waals surface area contributed by atoms with Crippen molar-refractivity contribution in [3.63, 3.8) is 0 Å². The van der Waals surface area contributed by atoms with Crippen molar-refractivity contribution in [2.24, 2.45) is 0 Å². The molecule has 0 aliphatic carbocycles. The molecule has 1 aromatic rings. The lowest BCUT2D eigenvalue weighted by Gasteiger charge is -2.22. The molecule has 1 aromatic carbocycles. The highest BCUT2D eigenvalue weighted by Gasteiger charge is 2.43. The van der Waals surface area contributed by atoms with Gasteiger partial charge in [-0.15, -0.1) is 0 Å². The number of carbonyl (C=O) groups is 1. The Balaban J connectivity index is 2.03. The first-order chi connectivity index (χ1) is 10.0. The predicted molar refractivity (Wildman–Crippen MR) is 88.8 cm³/mol. The molecule has 1 heterocycles. The van der Waals surface area contributed by atoms with Crippen molar-refractivity contribution in [3.05, 3.63) is 29.8 Å². The van der Waals surface area contributed by atoms with Gasteiger partial charge in [0.15, 0.2) is 0 Å². The first kappa shape index (κ1) is 16.0. The zero-order chi connectivity index (χ0) is 15.5. The maximum absolute atomic E-state index is 12.7. The Morgan fingerprint density at radius 2 is 1.95 bits per heavy atom. The summed E-state index contributed by atoms with van der Waals surface area (Å²) in [6, 6.07) is 8.77. The lowest BCUT2D eigenvalue weighted by molar-refractivity contribution is -0.122. The lowest BCUT2D eigenvalue weighted by Crippen LogP contribution is -2.37. The van der Waals surface area contributed by atoms with E-state index in [1.54, 1.807) is 0 Å². The van der Waals surface area contributed by atoms with Crippen molar-refractivity contribution < 1.29 is 4.79 Å². The number of nitrogens with one attached hydrogen (secondary N) is 1. The fraction of sp³-hybridized carbons (Fsp3) is 0.611. The molecule has 1 aliphatic heterocycles. The molecular weight excluding hydrogens is 260 g/mol. The van der Waals surface area contributed by atoms with Crippen LogP contribution in [0.25, 0.3) is 0 Å². The van der Waals surface area contributed by atoms with Crippen LogP contribution in [0.2, 0.25) is 0 Å². The van der Waals surface area contributed by atoms with E-state index in [0.717, 1.165) is 43.6 Å². The second kappa shape index (κ2) is 6.61. The quantitative estimate of drug-likeness (QED) is 0.833. The number of para-hydroxylation sites is 1. The van der Waals surface area contributed by atoms with Crippen LogP contribution in [0.3, 0.4) is 0 Å². The predicted octanol–water partition coefficient (Wildman–Crippen LogP) is 3.48. The molecule has 1 aliphatic rings. The van der Waals surface area contributed by atoms with Crippen LogP contribution < -0.4 is 10.2 Å². The number of benzene rings is 1. The third-order valence-corrected chi connectivity index (χ3v) is 4.57. The van der Waals surface area contributed by atoms with E-state index in [2.05, 4.69) is 31.3 Å². The Morgan fingerprint density at radius 3 is 2.62 bits per heavy atom. The molecule has 1 N–H and O–H groups in total. The molecule has 0 saturated heterocycles. The van der Waals surface area contributed by atoms with Crippen molar-refractivity contribution in [3.8, 4) is 0 Å². The first-order valence-corrected chi connectivity index (χ1v) is 8.17. The highest BCUT2D eigenvalue weighted by molar-refractivity contribution is 6.07. The fourth-order valence-corrected chi connectivity index (χ4v) is 3.26. The first-order valence-electron chi connectivity index (χ1n) is 8.17. The number of fused-ring (bicyclic) bond motifs is 1. The third kappa shape index (κ3) is 3.13. The summed E-state index contributed by atoms with van der Waals surface area (Å²) in [6.45, 7) is 10.2. The molecule has 2 rings (SSSR count). The Bertz CT molecular complexity index is 496. The van der Waals surface area contributed by atoms with Crippen molar-refractivity contribution in [2.75, 3.05) is 18.0 Å². The van der Waals surface area contributed by atoms with Crippen molar-refractivity contribution in [2.45, 2.75) is 58.4 Å². The van der Waals surface area contributed by atoms with Crippen LogP contribution in [0, 0.1) is 0 Å². The topological polar surface area (TPSA) is 32.3 Å². The van der Waals surface area contributed by atoms with E-state index in [1.807, 2.05) is 30.9 Å². The molecule has 1 amide bonds. The van der Waals surface area contributed by atoms with Gasteiger partial charge in [-0.1, -0.05) is 32.0 Å². The molecule has 0 radical (unpaired) electrons. The van der Waals surface area contributed by atoms with Gasteiger partial charge in [-0.25, -0.2) is 0 Å². The summed E-state index contributed by atoms with van der Waals surface area (Å²) >= 11 is 0. The van der Waals surface area contributed by atoms with E-state index < -0.39 is 0 Å². The molecule has 0 bridgehead atoms. The van der Waals surface area contributed by atoms with Gasteiger partial charge >= 0.3 is 0 Å². The number of amides is 1. The van der Waals surface area contributed by atoms with Crippen molar-refractivity contribution >= 4 is 11.6 Å². The summed E-state index contributed by atoms with van der Waals surface area (Å²) in [5.74, 6) is 0.236. The SMILES string of the molecule is CCNC(CC)CCCN1C(=O)C(C)(C)c2ccccc21. The minimum Gasteiger partial charge on any atom is -0.314 e. The van der Waals surface area contributed by atoms with Crippen LogP contribution in [0.15, 0.2) is 24.3 Å². The Morgan fingerprint density at radius 1 is 1.24 bits per heavy atom. The largest absolute Gasteiger partial charge is 0.314 e. The number of carbonyl (C=O) groups excluding carboxylic acids is 1. The maximum atomic E-state index is 12.7. The average molecular weight is 288 g/mol. The zero-order valence-corrected chi connectivity index (χ0v) is 13.8. The van der Waals surface area contributed by atoms with Crippen molar-refractivity contribution in [1.29, 1.82) is 0 Å². The van der Waals surface area contributed by atoms with Gasteiger partial charge in [0.1, 0.15) is 0 Å². The number of hydrogen-bond acceptors (Lipinski definition) is 2. The van der Waals surface area contributed by atoms with Crippen LogP contribution in [0.4, 0.5) is 5.69 Å². The maximum Gasteiger partial charge on any atom is 0.237 e. The fourth-order valence-electron chi connectivity index (χ4n) is 3.26. The van der Waals surface area contributed by atoms with E-state index >= 15 is 0 Å². The Labute approximate surface area is 128 Å². The minimum atomic E-state index is -0.386. The second-order valence-corrected chi connectivity index (χ2v) is 6.40. The van der Waals surface area contributed by atoms with Crippen LogP contribution >= 0.6 is 0 Å². The Hall–Kier alpha value is -1.35. The van der Waals surface area contributed by atoms with Gasteiger partial charge < -0.3 is 10.2 Å². The molecule has 0 spiro atoms. The summed E-state index contributed by atoms with van der Waals surface area (Å²) in [5, 5.41) is 3.50. The number of anilines is 1. The van der Waals surface area contributed by atoms with Gasteiger partial charge in [-0.05, 0) is 51.3 Å². The van der Waals surface area contributed by atoms with Crippen molar-refractivity contribution in [1.82, 2.24) is 5.32 Å². The molecule has 0 saturated carbocycles. The number of nitrogens with zero attached hydrogens (tertiary/aromatic N) is 1. The van der Waals surface area contributed by atoms with E-state index in [4.69, 9.17) is 0 Å². The minimum absolute atomic E-state index is 0.236. The van der Waals surface area contributed by atoms with Gasteiger partial charge in [0.05, 0.1) is 5.41 Å². The summed E-state index contributed by atoms with van der Waals surface area (Å²) in [6.07, 6.45) is 3.31. The van der Waals surface area contributed by atoms with E-state index in [-0.39, 0.29) is 11.3 Å². The van der Waals surface area contributed by atoms with E-state index in [9.17, 15) is 4.79 Å². The molecule has 116 valence electrons. The highest BCUT2D eigenvalue weighted by Crippen LogP contribution is 2.41. The van der Waals surface area contributed by atoms with Crippen LogP contribution in [0.5, 0.6) is 0 Å². The zero-order valence-electron chi connectivity index (χ0n) is 13.8. The average Bonchev–Trinajstić information content (AvgIpc) is 2.67. The molecule has 21 heavy (non-hydrogen) atoms. The summed E-state index contributed by atoms with van der Waals surface area (Å²) in [4.78, 5) is 14.6. The van der Waals surface area contributed by atoms with Gasteiger partial charge in [-0.2, -0.15) is 0 Å². The van der Waals surface area contributed by atoms with Gasteiger partial charge in [0, 0.05) is 18.3 Å². The molecule has 3 heteroatoms. The van der Waals surface area contributed by atoms with Gasteiger partial charge in [-0.3, -0.25) is 4.79 Å². The second-order valence-electron chi connectivity index (χ2n) is 6.40. The Kier molecular flexibility index (Phi) is 5.04. The summed E-state index contributed by atoms with van der Waals surface area (Å²) < 4.78 is 0. The smallest absolute Gasteiger partial charge is 0.237 e. The molecule has 1 unspecified atom stereocenters. The normalized spacial score (nSPS) is 17.9. The van der Waals surface area contributed by atoms with E-state index in [1.165, 1.54) is 0 Å². The summed E-state index contributed by atoms with van der Waals surface area (Å²) in [7, 11) is 0. The monoisotopic (exact) mass is 288 g/mol. The molecular formula is C18H28N2O. The van der Waals surface area contributed by atoms with E-state index in [0.29, 0.717) is 6.04 Å². The van der Waals surface area contributed by atoms with Crippen LogP contribution in [0.1, 0.15) is 52.5 Å². The molecule has 3 nitrogen and oxygen atoms in total. The van der Waals surface area contributed by atoms with Gasteiger partial charge in [0.25, 0.3) is 0 Å². The lowest BCUT2D eigenvalue weighted by atomic mass is 9.86. The highest BCUT2D eigenvalue weighted by atomic mass is 16.2. The third-order valence-electron chi connectivity index (χ3n) is 4.57.